The van der Waals surface area contributed by atoms with E-state index in [0.29, 0.717) is 3.57 Å². The number of anilines is 2. The molecule has 0 aliphatic carbocycles. The average Bonchev–Trinajstić information content (AvgIpc) is 2.60. The molecule has 2 aromatic carbocycles. The predicted octanol–water partition coefficient (Wildman–Crippen LogP) is 3.33. The van der Waals surface area contributed by atoms with Crippen LogP contribution in [0.1, 0.15) is 5.56 Å². The number of nitrogens with one attached hydrogen (secondary N) is 2. The molecule has 9 heteroatoms. The van der Waals surface area contributed by atoms with Gasteiger partial charge >= 0.3 is 0 Å². The lowest BCUT2D eigenvalue weighted by atomic mass is 10.1. The Morgan fingerprint density at radius 2 is 2.00 bits per heavy atom. The molecule has 0 unspecified atom stereocenters. The van der Waals surface area contributed by atoms with Gasteiger partial charge in [-0.25, -0.2) is 8.78 Å². The van der Waals surface area contributed by atoms with Crippen molar-refractivity contribution in [2.75, 3.05) is 11.9 Å². The first kappa shape index (κ1) is 19.1. The number of carbonyl (C=O) groups excluding carboxylic acids is 1. The molecule has 3 rings (SSSR count). The first-order chi connectivity index (χ1) is 12.8. The van der Waals surface area contributed by atoms with E-state index in [9.17, 15) is 18.4 Å². The lowest BCUT2D eigenvalue weighted by Crippen LogP contribution is -2.22. The summed E-state index contributed by atoms with van der Waals surface area (Å²) in [5.41, 5.74) is 5.06. The molecule has 0 atom stereocenters. The summed E-state index contributed by atoms with van der Waals surface area (Å²) in [4.78, 5) is 26.5. The quantitative estimate of drug-likeness (QED) is 0.484. The molecule has 0 fully saturated rings. The van der Waals surface area contributed by atoms with Crippen molar-refractivity contribution in [3.8, 4) is 5.75 Å². The SMILES string of the molecule is Cc1c(F)cc(Nc2ccc(I)cc2F)c2c(=O)c(OCC(N)=O)c[nH]c12. The number of aromatic amines is 1. The van der Waals surface area contributed by atoms with Gasteiger partial charge in [-0.2, -0.15) is 0 Å². The van der Waals surface area contributed by atoms with Crippen LogP contribution in [0.4, 0.5) is 20.2 Å². The molecule has 4 N–H and O–H groups in total. The molecule has 0 saturated carbocycles. The van der Waals surface area contributed by atoms with Gasteiger partial charge in [0.05, 0.1) is 22.3 Å². The molecule has 1 heterocycles. The Bertz CT molecular complexity index is 1120. The Hall–Kier alpha value is -2.69. The lowest BCUT2D eigenvalue weighted by Gasteiger charge is -2.14. The maximum absolute atomic E-state index is 14.3. The van der Waals surface area contributed by atoms with E-state index in [2.05, 4.69) is 10.3 Å². The predicted molar refractivity (Wildman–Crippen MR) is 106 cm³/mol. The lowest BCUT2D eigenvalue weighted by molar-refractivity contribution is -0.119. The summed E-state index contributed by atoms with van der Waals surface area (Å²) in [6, 6.07) is 5.58. The normalized spacial score (nSPS) is 10.8. The molecular weight excluding hydrogens is 471 g/mol. The molecule has 0 aliphatic heterocycles. The van der Waals surface area contributed by atoms with E-state index >= 15 is 0 Å². The highest BCUT2D eigenvalue weighted by atomic mass is 127. The first-order valence-corrected chi connectivity index (χ1v) is 8.83. The highest BCUT2D eigenvalue weighted by Gasteiger charge is 2.17. The molecule has 0 bridgehead atoms. The fourth-order valence-corrected chi connectivity index (χ4v) is 3.04. The molecule has 0 radical (unpaired) electrons. The fraction of sp³-hybridized carbons (Fsp3) is 0.111. The van der Waals surface area contributed by atoms with Gasteiger partial charge in [0.1, 0.15) is 11.6 Å². The van der Waals surface area contributed by atoms with Gasteiger partial charge in [-0.05, 0) is 53.8 Å². The molecule has 6 nitrogen and oxygen atoms in total. The minimum absolute atomic E-state index is 0.0685. The van der Waals surface area contributed by atoms with Crippen molar-refractivity contribution < 1.29 is 18.3 Å². The van der Waals surface area contributed by atoms with Gasteiger partial charge in [0.15, 0.2) is 12.4 Å². The van der Waals surface area contributed by atoms with Gasteiger partial charge in [0.25, 0.3) is 5.91 Å². The zero-order chi connectivity index (χ0) is 19.7. The third-order valence-corrected chi connectivity index (χ3v) is 4.56. The first-order valence-electron chi connectivity index (χ1n) is 7.75. The van der Waals surface area contributed by atoms with E-state index in [0.717, 1.165) is 6.07 Å². The number of hydrogen-bond acceptors (Lipinski definition) is 4. The van der Waals surface area contributed by atoms with Crippen molar-refractivity contribution in [1.82, 2.24) is 4.98 Å². The maximum atomic E-state index is 14.3. The van der Waals surface area contributed by atoms with Crippen molar-refractivity contribution in [2.24, 2.45) is 5.73 Å². The molecular formula is C18H14F2IN3O3. The van der Waals surface area contributed by atoms with Crippen LogP contribution in [0.5, 0.6) is 5.75 Å². The number of aryl methyl sites for hydroxylation is 1. The minimum Gasteiger partial charge on any atom is -0.478 e. The summed E-state index contributed by atoms with van der Waals surface area (Å²) >= 11 is 1.96. The number of halogens is 3. The Morgan fingerprint density at radius 1 is 1.26 bits per heavy atom. The van der Waals surface area contributed by atoms with Crippen LogP contribution >= 0.6 is 22.6 Å². The second-order valence-electron chi connectivity index (χ2n) is 5.77. The van der Waals surface area contributed by atoms with Crippen LogP contribution < -0.4 is 21.2 Å². The van der Waals surface area contributed by atoms with E-state index in [1.165, 1.54) is 25.3 Å². The molecule has 0 aliphatic rings. The summed E-state index contributed by atoms with van der Waals surface area (Å²) in [6.45, 7) is 1.02. The zero-order valence-electron chi connectivity index (χ0n) is 14.0. The molecule has 1 aromatic heterocycles. The van der Waals surface area contributed by atoms with Gasteiger partial charge in [0.2, 0.25) is 5.43 Å². The van der Waals surface area contributed by atoms with Crippen LogP contribution in [0, 0.1) is 22.1 Å². The largest absolute Gasteiger partial charge is 0.478 e. The summed E-state index contributed by atoms with van der Waals surface area (Å²) in [5, 5.41) is 2.84. The number of H-pyrrole nitrogens is 1. The maximum Gasteiger partial charge on any atom is 0.255 e. The average molecular weight is 485 g/mol. The molecule has 0 saturated heterocycles. The molecule has 140 valence electrons. The number of ether oxygens (including phenoxy) is 1. The Labute approximate surface area is 165 Å². The van der Waals surface area contributed by atoms with Crippen LogP contribution in [-0.4, -0.2) is 17.5 Å². The third-order valence-electron chi connectivity index (χ3n) is 3.89. The van der Waals surface area contributed by atoms with Crippen LogP contribution in [0.2, 0.25) is 0 Å². The van der Waals surface area contributed by atoms with Gasteiger partial charge in [0, 0.05) is 15.3 Å². The van der Waals surface area contributed by atoms with Crippen molar-refractivity contribution in [3.05, 3.63) is 61.5 Å². The zero-order valence-corrected chi connectivity index (χ0v) is 16.2. The molecule has 3 aromatic rings. The van der Waals surface area contributed by atoms with E-state index in [4.69, 9.17) is 10.5 Å². The summed E-state index contributed by atoms with van der Waals surface area (Å²) in [5.74, 6) is -2.02. The van der Waals surface area contributed by atoms with Gasteiger partial charge in [-0.3, -0.25) is 9.59 Å². The summed E-state index contributed by atoms with van der Waals surface area (Å²) in [7, 11) is 0. The number of pyridine rings is 1. The minimum atomic E-state index is -0.746. The molecule has 0 spiro atoms. The van der Waals surface area contributed by atoms with Crippen molar-refractivity contribution in [1.29, 1.82) is 0 Å². The van der Waals surface area contributed by atoms with E-state index in [1.807, 2.05) is 22.6 Å². The fourth-order valence-electron chi connectivity index (χ4n) is 2.58. The van der Waals surface area contributed by atoms with E-state index < -0.39 is 29.6 Å². The van der Waals surface area contributed by atoms with Crippen molar-refractivity contribution in [2.45, 2.75) is 6.92 Å². The molecule has 1 amide bonds. The van der Waals surface area contributed by atoms with E-state index in [-0.39, 0.29) is 33.6 Å². The number of carbonyl (C=O) groups is 1. The second kappa shape index (κ2) is 7.51. The van der Waals surface area contributed by atoms with Crippen molar-refractivity contribution >= 4 is 50.8 Å². The van der Waals surface area contributed by atoms with Gasteiger partial charge in [-0.15, -0.1) is 0 Å². The highest BCUT2D eigenvalue weighted by molar-refractivity contribution is 14.1. The number of amides is 1. The second-order valence-corrected chi connectivity index (χ2v) is 7.01. The Morgan fingerprint density at radius 3 is 2.67 bits per heavy atom. The third kappa shape index (κ3) is 3.87. The van der Waals surface area contributed by atoms with Crippen LogP contribution in [0.3, 0.4) is 0 Å². The highest BCUT2D eigenvalue weighted by Crippen LogP contribution is 2.30. The number of aromatic nitrogens is 1. The van der Waals surface area contributed by atoms with Crippen LogP contribution in [0.15, 0.2) is 35.3 Å². The number of fused-ring (bicyclic) bond motifs is 1. The number of rotatable bonds is 5. The summed E-state index contributed by atoms with van der Waals surface area (Å²) in [6.07, 6.45) is 1.23. The summed E-state index contributed by atoms with van der Waals surface area (Å²) < 4.78 is 34.3. The number of primary amides is 1. The van der Waals surface area contributed by atoms with Crippen LogP contribution in [-0.2, 0) is 4.79 Å². The smallest absolute Gasteiger partial charge is 0.255 e. The number of nitrogens with two attached hydrogens (primary N) is 1. The Balaban J connectivity index is 2.18. The molecule has 27 heavy (non-hydrogen) atoms. The topological polar surface area (TPSA) is 97.2 Å². The number of benzene rings is 2. The van der Waals surface area contributed by atoms with E-state index in [1.54, 1.807) is 6.07 Å². The van der Waals surface area contributed by atoms with Gasteiger partial charge < -0.3 is 20.8 Å². The van der Waals surface area contributed by atoms with Gasteiger partial charge in [-0.1, -0.05) is 0 Å². The Kier molecular flexibility index (Phi) is 5.31. The monoisotopic (exact) mass is 485 g/mol. The standard InChI is InChI=1S/C18H14F2IN3O3/c1-8-10(19)5-13(24-12-3-2-9(21)4-11(12)20)16-17(8)23-6-14(18(16)26)27-7-15(22)25/h2-6,24H,7H2,1H3,(H2,22,25)(H,23,26). The van der Waals surface area contributed by atoms with Crippen molar-refractivity contribution in [3.63, 3.8) is 0 Å². The number of hydrogen-bond donors (Lipinski definition) is 3. The van der Waals surface area contributed by atoms with Crippen LogP contribution in [0.25, 0.3) is 10.9 Å².